The summed E-state index contributed by atoms with van der Waals surface area (Å²) in [6.45, 7) is 7.64. The summed E-state index contributed by atoms with van der Waals surface area (Å²) in [7, 11) is -1.51. The lowest BCUT2D eigenvalue weighted by Gasteiger charge is -2.18. The lowest BCUT2D eigenvalue weighted by molar-refractivity contribution is 0.0931. The Labute approximate surface area is 89.2 Å². The van der Waals surface area contributed by atoms with Gasteiger partial charge in [0.15, 0.2) is 0 Å². The second-order valence-electron chi connectivity index (χ2n) is 4.36. The standard InChI is InChI=1S/C9H15N3O2Si/c1-7(13)12-6-5-8(10-9(12)14)11-15(2,3)4/h5-6H,1-4H3,(H,10,11,14). The molecule has 1 heterocycles. The summed E-state index contributed by atoms with van der Waals surface area (Å²) < 4.78 is 0.982. The van der Waals surface area contributed by atoms with Crippen LogP contribution in [-0.4, -0.2) is 23.7 Å². The summed E-state index contributed by atoms with van der Waals surface area (Å²) in [6, 6.07) is 1.64. The summed E-state index contributed by atoms with van der Waals surface area (Å²) in [4.78, 5) is 29.3. The van der Waals surface area contributed by atoms with Crippen molar-refractivity contribution in [3.63, 3.8) is 0 Å². The van der Waals surface area contributed by atoms with E-state index in [9.17, 15) is 9.59 Å². The van der Waals surface area contributed by atoms with Crippen molar-refractivity contribution in [2.24, 2.45) is 0 Å². The lowest BCUT2D eigenvalue weighted by atomic mass is 10.5. The fraction of sp³-hybridized carbons (Fsp3) is 0.444. The van der Waals surface area contributed by atoms with Crippen LogP contribution in [0.3, 0.4) is 0 Å². The number of rotatable bonds is 2. The average molecular weight is 225 g/mol. The molecule has 0 aliphatic rings. The monoisotopic (exact) mass is 225 g/mol. The Hall–Kier alpha value is -1.43. The van der Waals surface area contributed by atoms with Gasteiger partial charge in [-0.15, -0.1) is 0 Å². The van der Waals surface area contributed by atoms with E-state index in [0.29, 0.717) is 5.82 Å². The zero-order valence-corrected chi connectivity index (χ0v) is 10.4. The molecule has 15 heavy (non-hydrogen) atoms. The van der Waals surface area contributed by atoms with E-state index in [0.717, 1.165) is 4.57 Å². The molecule has 1 rings (SSSR count). The van der Waals surface area contributed by atoms with Crippen LogP contribution in [0.15, 0.2) is 17.1 Å². The van der Waals surface area contributed by atoms with E-state index in [1.807, 2.05) is 0 Å². The molecule has 6 heteroatoms. The van der Waals surface area contributed by atoms with Crippen LogP contribution in [0, 0.1) is 0 Å². The summed E-state index contributed by atoms with van der Waals surface area (Å²) in [5.74, 6) is 0.212. The molecule has 0 amide bonds. The summed E-state index contributed by atoms with van der Waals surface area (Å²) in [5.41, 5.74) is -0.536. The number of carbonyl (C=O) groups excluding carboxylic acids is 1. The minimum Gasteiger partial charge on any atom is -0.396 e. The van der Waals surface area contributed by atoms with E-state index in [-0.39, 0.29) is 5.91 Å². The zero-order chi connectivity index (χ0) is 11.6. The molecule has 82 valence electrons. The lowest BCUT2D eigenvalue weighted by Crippen LogP contribution is -2.35. The van der Waals surface area contributed by atoms with Crippen molar-refractivity contribution in [1.82, 2.24) is 9.55 Å². The van der Waals surface area contributed by atoms with Crippen molar-refractivity contribution in [2.45, 2.75) is 26.6 Å². The highest BCUT2D eigenvalue weighted by molar-refractivity contribution is 6.79. The topological polar surface area (TPSA) is 64.0 Å². The van der Waals surface area contributed by atoms with Crippen LogP contribution < -0.4 is 10.7 Å². The first-order valence-electron chi connectivity index (χ1n) is 4.68. The van der Waals surface area contributed by atoms with Gasteiger partial charge in [-0.05, 0) is 6.07 Å². The fourth-order valence-corrected chi connectivity index (χ4v) is 2.00. The predicted octanol–water partition coefficient (Wildman–Crippen LogP) is 1.15. The van der Waals surface area contributed by atoms with Gasteiger partial charge in [0.2, 0.25) is 5.91 Å². The van der Waals surface area contributed by atoms with E-state index < -0.39 is 13.9 Å². The van der Waals surface area contributed by atoms with E-state index in [1.165, 1.54) is 13.1 Å². The van der Waals surface area contributed by atoms with E-state index in [1.54, 1.807) is 6.07 Å². The van der Waals surface area contributed by atoms with Gasteiger partial charge in [-0.25, -0.2) is 9.36 Å². The minimum absolute atomic E-state index is 0.327. The maximum absolute atomic E-state index is 11.4. The molecule has 0 radical (unpaired) electrons. The van der Waals surface area contributed by atoms with Gasteiger partial charge >= 0.3 is 5.69 Å². The smallest absolute Gasteiger partial charge is 0.356 e. The third kappa shape index (κ3) is 3.32. The maximum Gasteiger partial charge on any atom is 0.356 e. The SMILES string of the molecule is CC(=O)n1ccc(N[Si](C)(C)C)nc1=O. The van der Waals surface area contributed by atoms with Gasteiger partial charge in [0.05, 0.1) is 0 Å². The van der Waals surface area contributed by atoms with Crippen LogP contribution >= 0.6 is 0 Å². The first-order chi connectivity index (χ1) is 6.79. The Kier molecular flexibility index (Phi) is 3.08. The van der Waals surface area contributed by atoms with Crippen LogP contribution in [0.1, 0.15) is 11.7 Å². The van der Waals surface area contributed by atoms with Gasteiger partial charge in [-0.2, -0.15) is 4.98 Å². The van der Waals surface area contributed by atoms with Crippen molar-refractivity contribution >= 4 is 20.0 Å². The molecule has 1 N–H and O–H groups in total. The van der Waals surface area contributed by atoms with Crippen LogP contribution in [0.5, 0.6) is 0 Å². The Balaban J connectivity index is 3.03. The van der Waals surface area contributed by atoms with Crippen molar-refractivity contribution in [1.29, 1.82) is 0 Å². The van der Waals surface area contributed by atoms with Crippen LogP contribution in [0.2, 0.25) is 19.6 Å². The third-order valence-electron chi connectivity index (χ3n) is 1.65. The van der Waals surface area contributed by atoms with Crippen LogP contribution in [0.25, 0.3) is 0 Å². The van der Waals surface area contributed by atoms with Gasteiger partial charge in [0.1, 0.15) is 14.1 Å². The van der Waals surface area contributed by atoms with Gasteiger partial charge in [0, 0.05) is 13.1 Å². The molecule has 0 spiro atoms. The molecule has 0 bridgehead atoms. The first-order valence-corrected chi connectivity index (χ1v) is 8.18. The third-order valence-corrected chi connectivity index (χ3v) is 2.65. The zero-order valence-electron chi connectivity index (χ0n) is 9.37. The molecule has 0 saturated heterocycles. The molecular formula is C9H15N3O2Si. The molecule has 0 fully saturated rings. The minimum atomic E-state index is -1.51. The number of nitrogens with one attached hydrogen (secondary N) is 1. The average Bonchev–Trinajstić information content (AvgIpc) is 1.99. The normalized spacial score (nSPS) is 11.2. The molecule has 5 nitrogen and oxygen atoms in total. The second-order valence-corrected chi connectivity index (χ2v) is 9.11. The fourth-order valence-electron chi connectivity index (χ4n) is 1.10. The summed E-state index contributed by atoms with van der Waals surface area (Å²) in [5, 5.41) is 0. The van der Waals surface area contributed by atoms with Gasteiger partial charge in [-0.1, -0.05) is 19.6 Å². The molecule has 1 aromatic rings. The number of carbonyl (C=O) groups is 1. The van der Waals surface area contributed by atoms with Gasteiger partial charge in [0.25, 0.3) is 0 Å². The van der Waals surface area contributed by atoms with Crippen molar-refractivity contribution in [3.8, 4) is 0 Å². The Morgan fingerprint density at radius 3 is 2.47 bits per heavy atom. The molecule has 0 atom stereocenters. The van der Waals surface area contributed by atoms with E-state index in [4.69, 9.17) is 0 Å². The number of aromatic nitrogens is 2. The highest BCUT2D eigenvalue weighted by atomic mass is 28.3. The molecule has 0 saturated carbocycles. The van der Waals surface area contributed by atoms with Crippen molar-refractivity contribution in [3.05, 3.63) is 22.7 Å². The Morgan fingerprint density at radius 2 is 2.07 bits per heavy atom. The maximum atomic E-state index is 11.4. The van der Waals surface area contributed by atoms with Crippen LogP contribution in [-0.2, 0) is 0 Å². The number of hydrogen-bond acceptors (Lipinski definition) is 4. The molecule has 0 unspecified atom stereocenters. The summed E-state index contributed by atoms with van der Waals surface area (Å²) in [6.07, 6.45) is 1.44. The van der Waals surface area contributed by atoms with E-state index >= 15 is 0 Å². The number of hydrogen-bond donors (Lipinski definition) is 1. The predicted molar refractivity (Wildman–Crippen MR) is 61.8 cm³/mol. The number of nitrogens with zero attached hydrogens (tertiary/aromatic N) is 2. The Morgan fingerprint density at radius 1 is 1.47 bits per heavy atom. The molecule has 0 aliphatic carbocycles. The van der Waals surface area contributed by atoms with E-state index in [2.05, 4.69) is 29.6 Å². The highest BCUT2D eigenvalue weighted by Crippen LogP contribution is 2.06. The van der Waals surface area contributed by atoms with Crippen molar-refractivity contribution < 1.29 is 4.79 Å². The van der Waals surface area contributed by atoms with Crippen LogP contribution in [0.4, 0.5) is 5.82 Å². The Bertz CT molecular complexity index is 434. The van der Waals surface area contributed by atoms with Gasteiger partial charge < -0.3 is 4.98 Å². The summed E-state index contributed by atoms with van der Waals surface area (Å²) >= 11 is 0. The van der Waals surface area contributed by atoms with Gasteiger partial charge in [-0.3, -0.25) is 4.79 Å². The van der Waals surface area contributed by atoms with Crippen molar-refractivity contribution in [2.75, 3.05) is 4.98 Å². The quantitative estimate of drug-likeness (QED) is 0.767. The second kappa shape index (κ2) is 3.97. The molecule has 1 aromatic heterocycles. The molecule has 0 aromatic carbocycles. The number of anilines is 1. The molecule has 0 aliphatic heterocycles. The first kappa shape index (κ1) is 11.6. The largest absolute Gasteiger partial charge is 0.396 e. The molecular weight excluding hydrogens is 210 g/mol. The highest BCUT2D eigenvalue weighted by Gasteiger charge is 2.14.